The molecule has 0 aliphatic carbocycles. The van der Waals surface area contributed by atoms with Crippen molar-refractivity contribution in [1.82, 2.24) is 0 Å². The second kappa shape index (κ2) is 6.19. The maximum atomic E-state index is 12.1. The molecule has 1 N–H and O–H groups in total. The first-order chi connectivity index (χ1) is 9.52. The number of ether oxygens (including phenoxy) is 1. The maximum absolute atomic E-state index is 12.1. The number of carbonyl (C=O) groups is 2. The molecule has 104 valence electrons. The highest BCUT2D eigenvalue weighted by Gasteiger charge is 2.14. The van der Waals surface area contributed by atoms with Gasteiger partial charge in [0.15, 0.2) is 0 Å². The number of rotatable bonds is 3. The molecule has 1 aromatic carbocycles. The minimum absolute atomic E-state index is 0.203. The van der Waals surface area contributed by atoms with E-state index in [4.69, 9.17) is 4.74 Å². The molecule has 1 amide bonds. The van der Waals surface area contributed by atoms with Crippen molar-refractivity contribution in [2.75, 3.05) is 12.4 Å². The van der Waals surface area contributed by atoms with Gasteiger partial charge in [0.25, 0.3) is 5.91 Å². The van der Waals surface area contributed by atoms with Crippen LogP contribution in [0.2, 0.25) is 0 Å². The molecule has 0 bridgehead atoms. The Morgan fingerprint density at radius 1 is 1.25 bits per heavy atom. The second-order valence-corrected chi connectivity index (χ2v) is 6.49. The summed E-state index contributed by atoms with van der Waals surface area (Å²) in [6, 6.07) is 8.68. The monoisotopic (exact) mass is 353 g/mol. The predicted octanol–water partition coefficient (Wildman–Crippen LogP) is 3.86. The topological polar surface area (TPSA) is 55.4 Å². The van der Waals surface area contributed by atoms with Gasteiger partial charge in [0.05, 0.1) is 21.3 Å². The summed E-state index contributed by atoms with van der Waals surface area (Å²) < 4.78 is 5.60. The van der Waals surface area contributed by atoms with Crippen molar-refractivity contribution in [2.45, 2.75) is 6.92 Å². The van der Waals surface area contributed by atoms with Gasteiger partial charge < -0.3 is 10.1 Å². The van der Waals surface area contributed by atoms with E-state index in [-0.39, 0.29) is 5.91 Å². The molecule has 0 fully saturated rings. The Morgan fingerprint density at radius 3 is 2.60 bits per heavy atom. The molecule has 0 spiro atoms. The number of hydrogen-bond donors (Lipinski definition) is 1. The fourth-order valence-corrected chi connectivity index (χ4v) is 3.00. The van der Waals surface area contributed by atoms with Gasteiger partial charge in [0.2, 0.25) is 0 Å². The van der Waals surface area contributed by atoms with Crippen molar-refractivity contribution in [3.8, 4) is 0 Å². The van der Waals surface area contributed by atoms with Crippen LogP contribution in [-0.2, 0) is 4.74 Å². The summed E-state index contributed by atoms with van der Waals surface area (Å²) in [5.41, 5.74) is 1.73. The van der Waals surface area contributed by atoms with Gasteiger partial charge in [-0.1, -0.05) is 6.07 Å². The van der Waals surface area contributed by atoms with Crippen LogP contribution in [0.5, 0.6) is 0 Å². The first-order valence-electron chi connectivity index (χ1n) is 5.77. The minimum Gasteiger partial charge on any atom is -0.465 e. The van der Waals surface area contributed by atoms with E-state index >= 15 is 0 Å². The highest BCUT2D eigenvalue weighted by atomic mass is 79.9. The Kier molecular flexibility index (Phi) is 4.57. The van der Waals surface area contributed by atoms with Crippen LogP contribution < -0.4 is 5.32 Å². The van der Waals surface area contributed by atoms with Gasteiger partial charge in [0, 0.05) is 5.69 Å². The summed E-state index contributed by atoms with van der Waals surface area (Å²) in [5.74, 6) is -0.622. The summed E-state index contributed by atoms with van der Waals surface area (Å²) in [6.07, 6.45) is 0. The smallest absolute Gasteiger partial charge is 0.338 e. The quantitative estimate of drug-likeness (QED) is 0.852. The van der Waals surface area contributed by atoms with Gasteiger partial charge in [-0.15, -0.1) is 11.3 Å². The van der Waals surface area contributed by atoms with Crippen LogP contribution in [0.15, 0.2) is 34.1 Å². The maximum Gasteiger partial charge on any atom is 0.338 e. The summed E-state index contributed by atoms with van der Waals surface area (Å²) in [4.78, 5) is 24.3. The molecule has 0 saturated carbocycles. The van der Waals surface area contributed by atoms with Gasteiger partial charge >= 0.3 is 5.97 Å². The molecule has 0 aliphatic heterocycles. The number of amides is 1. The van der Waals surface area contributed by atoms with Crippen LogP contribution in [0, 0.1) is 6.92 Å². The molecule has 0 aliphatic rings. The van der Waals surface area contributed by atoms with E-state index in [0.717, 1.165) is 3.79 Å². The molecular weight excluding hydrogens is 342 g/mol. The van der Waals surface area contributed by atoms with Gasteiger partial charge in [0.1, 0.15) is 0 Å². The summed E-state index contributed by atoms with van der Waals surface area (Å²) in [5, 5.41) is 2.80. The van der Waals surface area contributed by atoms with Crippen molar-refractivity contribution in [1.29, 1.82) is 0 Å². The first-order valence-corrected chi connectivity index (χ1v) is 7.38. The first kappa shape index (κ1) is 14.7. The van der Waals surface area contributed by atoms with Crippen LogP contribution in [-0.4, -0.2) is 19.0 Å². The Bertz CT molecular complexity index is 666. The molecular formula is C14H12BrNO3S. The summed E-state index contributed by atoms with van der Waals surface area (Å²) in [7, 11) is 1.33. The van der Waals surface area contributed by atoms with Gasteiger partial charge in [-0.25, -0.2) is 4.79 Å². The zero-order valence-corrected chi connectivity index (χ0v) is 13.3. The van der Waals surface area contributed by atoms with E-state index in [1.165, 1.54) is 18.4 Å². The lowest BCUT2D eigenvalue weighted by Gasteiger charge is -2.10. The van der Waals surface area contributed by atoms with Crippen LogP contribution in [0.3, 0.4) is 0 Å². The Labute approximate surface area is 128 Å². The molecule has 1 heterocycles. The molecule has 0 saturated heterocycles. The fourth-order valence-electron chi connectivity index (χ4n) is 1.72. The lowest BCUT2D eigenvalue weighted by Crippen LogP contribution is -2.13. The van der Waals surface area contributed by atoms with E-state index in [1.54, 1.807) is 31.2 Å². The molecule has 4 nitrogen and oxygen atoms in total. The zero-order chi connectivity index (χ0) is 14.7. The molecule has 0 unspecified atom stereocenters. The van der Waals surface area contributed by atoms with Gasteiger partial charge in [-0.05, 0) is 52.7 Å². The summed E-state index contributed by atoms with van der Waals surface area (Å²) >= 11 is 4.67. The van der Waals surface area contributed by atoms with E-state index in [1.807, 2.05) is 6.07 Å². The number of nitrogens with one attached hydrogen (secondary N) is 1. The van der Waals surface area contributed by atoms with Crippen molar-refractivity contribution in [3.05, 3.63) is 50.1 Å². The average molecular weight is 354 g/mol. The Balaban J connectivity index is 2.26. The number of thiophene rings is 1. The molecule has 2 rings (SSSR count). The Morgan fingerprint density at radius 2 is 2.00 bits per heavy atom. The number of anilines is 1. The fraction of sp³-hybridized carbons (Fsp3) is 0.143. The van der Waals surface area contributed by atoms with E-state index in [9.17, 15) is 9.59 Å². The van der Waals surface area contributed by atoms with E-state index in [0.29, 0.717) is 21.7 Å². The summed E-state index contributed by atoms with van der Waals surface area (Å²) in [6.45, 7) is 1.77. The van der Waals surface area contributed by atoms with Crippen LogP contribution in [0.25, 0.3) is 0 Å². The highest BCUT2D eigenvalue weighted by Crippen LogP contribution is 2.25. The largest absolute Gasteiger partial charge is 0.465 e. The number of carbonyl (C=O) groups excluding carboxylic acids is 2. The molecule has 20 heavy (non-hydrogen) atoms. The van der Waals surface area contributed by atoms with Crippen molar-refractivity contribution in [3.63, 3.8) is 0 Å². The number of benzene rings is 1. The number of halogens is 1. The van der Waals surface area contributed by atoms with E-state index < -0.39 is 5.97 Å². The molecule has 1 aromatic heterocycles. The highest BCUT2D eigenvalue weighted by molar-refractivity contribution is 9.11. The minimum atomic E-state index is -0.419. The number of esters is 1. The predicted molar refractivity (Wildman–Crippen MR) is 82.5 cm³/mol. The molecule has 6 heteroatoms. The lowest BCUT2D eigenvalue weighted by atomic mass is 10.1. The standard InChI is InChI=1S/C14H12BrNO3S/c1-8-9(14(18)19-2)4-3-5-10(8)16-13(17)11-6-7-12(15)20-11/h3-7H,1-2H3,(H,16,17). The second-order valence-electron chi connectivity index (χ2n) is 4.03. The third kappa shape index (κ3) is 3.08. The van der Waals surface area contributed by atoms with Crippen molar-refractivity contribution in [2.24, 2.45) is 0 Å². The molecule has 0 atom stereocenters. The molecule has 2 aromatic rings. The van der Waals surface area contributed by atoms with Crippen molar-refractivity contribution < 1.29 is 14.3 Å². The molecule has 0 radical (unpaired) electrons. The lowest BCUT2D eigenvalue weighted by molar-refractivity contribution is 0.0599. The zero-order valence-electron chi connectivity index (χ0n) is 10.9. The van der Waals surface area contributed by atoms with Crippen LogP contribution in [0.1, 0.15) is 25.6 Å². The number of methoxy groups -OCH3 is 1. The third-order valence-corrected chi connectivity index (χ3v) is 4.41. The third-order valence-electron chi connectivity index (χ3n) is 2.78. The normalized spacial score (nSPS) is 10.2. The van der Waals surface area contributed by atoms with Crippen LogP contribution in [0.4, 0.5) is 5.69 Å². The van der Waals surface area contributed by atoms with Gasteiger partial charge in [-0.3, -0.25) is 4.79 Å². The van der Waals surface area contributed by atoms with Gasteiger partial charge in [-0.2, -0.15) is 0 Å². The van der Waals surface area contributed by atoms with E-state index in [2.05, 4.69) is 21.2 Å². The Hall–Kier alpha value is -1.66. The number of hydrogen-bond acceptors (Lipinski definition) is 4. The SMILES string of the molecule is COC(=O)c1cccc(NC(=O)c2ccc(Br)s2)c1C. The van der Waals surface area contributed by atoms with Crippen molar-refractivity contribution >= 4 is 44.8 Å². The van der Waals surface area contributed by atoms with Crippen LogP contribution >= 0.6 is 27.3 Å². The average Bonchev–Trinajstić information content (AvgIpc) is 2.87.